The van der Waals surface area contributed by atoms with Gasteiger partial charge in [-0.05, 0) is 6.92 Å². The van der Waals surface area contributed by atoms with Gasteiger partial charge < -0.3 is 15.4 Å². The van der Waals surface area contributed by atoms with Gasteiger partial charge in [-0.25, -0.2) is 0 Å². The molecule has 1 aromatic heterocycles. The molecule has 0 bridgehead atoms. The van der Waals surface area contributed by atoms with Gasteiger partial charge in [0, 0.05) is 13.1 Å². The molecule has 2 rings (SSSR count). The lowest BCUT2D eigenvalue weighted by Gasteiger charge is -2.30. The third-order valence-corrected chi connectivity index (χ3v) is 2.75. The summed E-state index contributed by atoms with van der Waals surface area (Å²) in [4.78, 5) is 2.15. The van der Waals surface area contributed by atoms with Crippen molar-refractivity contribution in [3.8, 4) is 0 Å². The van der Waals surface area contributed by atoms with Gasteiger partial charge in [-0.2, -0.15) is 0 Å². The number of aromatic nitrogens is 2. The standard InChI is InChI=1S/C7H12N4OS/c1-5-4-11(2-3-12-5)7-10-9-6(8)13-7/h5H,2-4H2,1H3,(H2,8,9). The minimum atomic E-state index is 0.263. The van der Waals surface area contributed by atoms with Gasteiger partial charge in [0.2, 0.25) is 10.3 Å². The van der Waals surface area contributed by atoms with Crippen LogP contribution in [0.25, 0.3) is 0 Å². The molecule has 0 amide bonds. The second-order valence-corrected chi connectivity index (χ2v) is 4.04. The molecular weight excluding hydrogens is 188 g/mol. The van der Waals surface area contributed by atoms with Crippen molar-refractivity contribution in [2.24, 2.45) is 0 Å². The van der Waals surface area contributed by atoms with Crippen LogP contribution in [0.15, 0.2) is 0 Å². The fourth-order valence-corrected chi connectivity index (χ4v) is 1.99. The van der Waals surface area contributed by atoms with E-state index in [1.54, 1.807) is 0 Å². The van der Waals surface area contributed by atoms with Gasteiger partial charge in [-0.3, -0.25) is 0 Å². The van der Waals surface area contributed by atoms with Gasteiger partial charge in [-0.15, -0.1) is 10.2 Å². The van der Waals surface area contributed by atoms with Crippen molar-refractivity contribution in [1.82, 2.24) is 10.2 Å². The van der Waals surface area contributed by atoms with Crippen LogP contribution < -0.4 is 10.6 Å². The van der Waals surface area contributed by atoms with Crippen LogP contribution in [-0.4, -0.2) is 36.0 Å². The van der Waals surface area contributed by atoms with Gasteiger partial charge in [0.1, 0.15) is 0 Å². The molecule has 1 aliphatic rings. The molecule has 1 fully saturated rings. The topological polar surface area (TPSA) is 64.3 Å². The second-order valence-electron chi connectivity index (χ2n) is 3.05. The number of nitrogen functional groups attached to an aromatic ring is 1. The Morgan fingerprint density at radius 1 is 1.62 bits per heavy atom. The Bertz CT molecular complexity index is 290. The first kappa shape index (κ1) is 8.71. The van der Waals surface area contributed by atoms with Crippen molar-refractivity contribution in [3.63, 3.8) is 0 Å². The fourth-order valence-electron chi connectivity index (χ4n) is 1.35. The van der Waals surface area contributed by atoms with E-state index in [2.05, 4.69) is 22.0 Å². The number of hydrogen-bond acceptors (Lipinski definition) is 6. The van der Waals surface area contributed by atoms with Crippen LogP contribution in [0.5, 0.6) is 0 Å². The molecule has 1 aliphatic heterocycles. The van der Waals surface area contributed by atoms with E-state index < -0.39 is 0 Å². The quantitative estimate of drug-likeness (QED) is 0.708. The maximum Gasteiger partial charge on any atom is 0.210 e. The summed E-state index contributed by atoms with van der Waals surface area (Å²) in [7, 11) is 0. The molecule has 0 spiro atoms. The Morgan fingerprint density at radius 3 is 3.08 bits per heavy atom. The molecule has 6 heteroatoms. The van der Waals surface area contributed by atoms with Crippen molar-refractivity contribution in [1.29, 1.82) is 0 Å². The van der Waals surface area contributed by atoms with E-state index in [1.807, 2.05) is 0 Å². The Kier molecular flexibility index (Phi) is 2.32. The van der Waals surface area contributed by atoms with Crippen molar-refractivity contribution in [3.05, 3.63) is 0 Å². The fraction of sp³-hybridized carbons (Fsp3) is 0.714. The van der Waals surface area contributed by atoms with Crippen molar-refractivity contribution >= 4 is 21.6 Å². The van der Waals surface area contributed by atoms with Crippen LogP contribution >= 0.6 is 11.3 Å². The Morgan fingerprint density at radius 2 is 2.46 bits per heavy atom. The first-order valence-corrected chi connectivity index (χ1v) is 5.03. The summed E-state index contributed by atoms with van der Waals surface area (Å²) in [5.41, 5.74) is 5.51. The molecule has 72 valence electrons. The molecular formula is C7H12N4OS. The van der Waals surface area contributed by atoms with E-state index in [0.29, 0.717) is 5.13 Å². The summed E-state index contributed by atoms with van der Waals surface area (Å²) in [6.45, 7) is 4.55. The maximum atomic E-state index is 5.51. The van der Waals surface area contributed by atoms with E-state index in [1.165, 1.54) is 11.3 Å². The summed E-state index contributed by atoms with van der Waals surface area (Å²) in [5, 5.41) is 9.19. The predicted molar refractivity (Wildman–Crippen MR) is 51.9 cm³/mol. The normalized spacial score (nSPS) is 23.5. The molecule has 0 radical (unpaired) electrons. The smallest absolute Gasteiger partial charge is 0.210 e. The van der Waals surface area contributed by atoms with Crippen LogP contribution in [0.1, 0.15) is 6.92 Å². The van der Waals surface area contributed by atoms with Crippen LogP contribution in [0.2, 0.25) is 0 Å². The lowest BCUT2D eigenvalue weighted by molar-refractivity contribution is 0.0532. The predicted octanol–water partition coefficient (Wildman–Crippen LogP) is 0.345. The number of ether oxygens (including phenoxy) is 1. The highest BCUT2D eigenvalue weighted by Gasteiger charge is 2.19. The molecule has 2 N–H and O–H groups in total. The first-order chi connectivity index (χ1) is 6.25. The SMILES string of the molecule is CC1CN(c2nnc(N)s2)CCO1. The largest absolute Gasteiger partial charge is 0.375 e. The molecule has 13 heavy (non-hydrogen) atoms. The maximum absolute atomic E-state index is 5.51. The summed E-state index contributed by atoms with van der Waals surface area (Å²) in [5.74, 6) is 0. The Balaban J connectivity index is 2.08. The van der Waals surface area contributed by atoms with E-state index in [0.717, 1.165) is 24.8 Å². The monoisotopic (exact) mass is 200 g/mol. The van der Waals surface area contributed by atoms with Gasteiger partial charge in [0.15, 0.2) is 0 Å². The van der Waals surface area contributed by atoms with Gasteiger partial charge >= 0.3 is 0 Å². The lowest BCUT2D eigenvalue weighted by atomic mass is 10.3. The minimum absolute atomic E-state index is 0.263. The third kappa shape index (κ3) is 1.89. The molecule has 5 nitrogen and oxygen atoms in total. The number of rotatable bonds is 1. The molecule has 0 aromatic carbocycles. The van der Waals surface area contributed by atoms with Crippen molar-refractivity contribution < 1.29 is 4.74 Å². The summed E-state index contributed by atoms with van der Waals surface area (Å²) in [6.07, 6.45) is 0.263. The van der Waals surface area contributed by atoms with Crippen LogP contribution in [-0.2, 0) is 4.74 Å². The van der Waals surface area contributed by atoms with Crippen molar-refractivity contribution in [2.45, 2.75) is 13.0 Å². The highest BCUT2D eigenvalue weighted by Crippen LogP contribution is 2.23. The van der Waals surface area contributed by atoms with Crippen LogP contribution in [0.3, 0.4) is 0 Å². The number of nitrogens with zero attached hydrogens (tertiary/aromatic N) is 3. The second kappa shape index (κ2) is 3.47. The van der Waals surface area contributed by atoms with Crippen LogP contribution in [0, 0.1) is 0 Å². The Labute approximate surface area is 80.5 Å². The van der Waals surface area contributed by atoms with E-state index in [4.69, 9.17) is 10.5 Å². The summed E-state index contributed by atoms with van der Waals surface area (Å²) >= 11 is 1.42. The highest BCUT2D eigenvalue weighted by atomic mass is 32.1. The van der Waals surface area contributed by atoms with Gasteiger partial charge in [0.05, 0.1) is 12.7 Å². The zero-order valence-electron chi connectivity index (χ0n) is 7.43. The zero-order chi connectivity index (χ0) is 9.26. The average Bonchev–Trinajstić information content (AvgIpc) is 2.52. The van der Waals surface area contributed by atoms with E-state index >= 15 is 0 Å². The summed E-state index contributed by atoms with van der Waals surface area (Å²) < 4.78 is 5.42. The zero-order valence-corrected chi connectivity index (χ0v) is 8.25. The number of nitrogens with two attached hydrogens (primary N) is 1. The molecule has 1 unspecified atom stereocenters. The molecule has 1 saturated heterocycles. The molecule has 1 atom stereocenters. The van der Waals surface area contributed by atoms with Crippen molar-refractivity contribution in [2.75, 3.05) is 30.3 Å². The molecule has 0 aliphatic carbocycles. The van der Waals surface area contributed by atoms with Crippen LogP contribution in [0.4, 0.5) is 10.3 Å². The summed E-state index contributed by atoms with van der Waals surface area (Å²) in [6, 6.07) is 0. The number of morpholine rings is 1. The number of anilines is 2. The van der Waals surface area contributed by atoms with E-state index in [9.17, 15) is 0 Å². The van der Waals surface area contributed by atoms with Gasteiger partial charge in [-0.1, -0.05) is 11.3 Å². The Hall–Kier alpha value is -0.880. The lowest BCUT2D eigenvalue weighted by Crippen LogP contribution is -2.41. The first-order valence-electron chi connectivity index (χ1n) is 4.21. The molecule has 2 heterocycles. The minimum Gasteiger partial charge on any atom is -0.375 e. The van der Waals surface area contributed by atoms with Gasteiger partial charge in [0.25, 0.3) is 0 Å². The van der Waals surface area contributed by atoms with E-state index in [-0.39, 0.29) is 6.10 Å². The molecule has 0 saturated carbocycles. The highest BCUT2D eigenvalue weighted by molar-refractivity contribution is 7.18. The molecule has 1 aromatic rings. The number of hydrogen-bond donors (Lipinski definition) is 1. The third-order valence-electron chi connectivity index (χ3n) is 1.94. The average molecular weight is 200 g/mol.